The van der Waals surface area contributed by atoms with Crippen molar-refractivity contribution >= 4 is 23.4 Å². The molecule has 4 aromatic rings. The van der Waals surface area contributed by atoms with Crippen LogP contribution in [0, 0.1) is 12.7 Å². The zero-order valence-corrected chi connectivity index (χ0v) is 16.9. The Labute approximate surface area is 177 Å². The van der Waals surface area contributed by atoms with Gasteiger partial charge in [0.15, 0.2) is 11.0 Å². The summed E-state index contributed by atoms with van der Waals surface area (Å²) in [4.78, 5) is 16.4. The SMILES string of the molecule is Cc1ccc(NC(=O)CSc2nnc(-c3ccncc3)n2-c2ccc(F)cc2)cc1. The topological polar surface area (TPSA) is 72.7 Å². The fraction of sp³-hybridized carbons (Fsp3) is 0.0909. The molecule has 0 saturated heterocycles. The van der Waals surface area contributed by atoms with Crippen LogP contribution in [0.3, 0.4) is 0 Å². The lowest BCUT2D eigenvalue weighted by Crippen LogP contribution is -2.14. The molecule has 6 nitrogen and oxygen atoms in total. The molecule has 0 aliphatic carbocycles. The second-order valence-corrected chi connectivity index (χ2v) is 7.50. The van der Waals surface area contributed by atoms with Gasteiger partial charge in [0.25, 0.3) is 0 Å². The molecule has 4 rings (SSSR count). The molecule has 0 bridgehead atoms. The molecule has 0 fully saturated rings. The van der Waals surface area contributed by atoms with Crippen LogP contribution in [-0.2, 0) is 4.79 Å². The smallest absolute Gasteiger partial charge is 0.234 e. The Morgan fingerprint density at radius 2 is 1.70 bits per heavy atom. The first-order chi connectivity index (χ1) is 14.6. The maximum Gasteiger partial charge on any atom is 0.234 e. The summed E-state index contributed by atoms with van der Waals surface area (Å²) in [5, 5.41) is 12.0. The minimum atomic E-state index is -0.330. The number of pyridine rings is 1. The number of aromatic nitrogens is 4. The molecule has 0 saturated carbocycles. The molecule has 0 aliphatic heterocycles. The molecular formula is C22H18FN5OS. The molecule has 8 heteroatoms. The van der Waals surface area contributed by atoms with E-state index in [1.165, 1.54) is 23.9 Å². The highest BCUT2D eigenvalue weighted by molar-refractivity contribution is 7.99. The monoisotopic (exact) mass is 419 g/mol. The number of thioether (sulfide) groups is 1. The van der Waals surface area contributed by atoms with E-state index in [-0.39, 0.29) is 17.5 Å². The number of anilines is 1. The molecule has 0 spiro atoms. The molecule has 0 aliphatic rings. The van der Waals surface area contributed by atoms with Crippen molar-refractivity contribution in [3.05, 3.63) is 84.4 Å². The molecule has 30 heavy (non-hydrogen) atoms. The van der Waals surface area contributed by atoms with Crippen LogP contribution in [0.5, 0.6) is 0 Å². The largest absolute Gasteiger partial charge is 0.325 e. The van der Waals surface area contributed by atoms with E-state index < -0.39 is 0 Å². The van der Waals surface area contributed by atoms with Crippen molar-refractivity contribution in [2.24, 2.45) is 0 Å². The van der Waals surface area contributed by atoms with Gasteiger partial charge in [-0.15, -0.1) is 10.2 Å². The summed E-state index contributed by atoms with van der Waals surface area (Å²) < 4.78 is 15.2. The summed E-state index contributed by atoms with van der Waals surface area (Å²) in [6.45, 7) is 1.99. The Bertz CT molecular complexity index is 1140. The lowest BCUT2D eigenvalue weighted by atomic mass is 10.2. The van der Waals surface area contributed by atoms with Gasteiger partial charge in [0.05, 0.1) is 5.75 Å². The Morgan fingerprint density at radius 1 is 1.00 bits per heavy atom. The highest BCUT2D eigenvalue weighted by Crippen LogP contribution is 2.28. The van der Waals surface area contributed by atoms with Crippen LogP contribution in [0.4, 0.5) is 10.1 Å². The first-order valence-corrected chi connectivity index (χ1v) is 10.2. The number of nitrogens with zero attached hydrogens (tertiary/aromatic N) is 4. The van der Waals surface area contributed by atoms with Gasteiger partial charge < -0.3 is 5.32 Å². The Morgan fingerprint density at radius 3 is 2.40 bits per heavy atom. The summed E-state index contributed by atoms with van der Waals surface area (Å²) in [5.41, 5.74) is 3.38. The fourth-order valence-corrected chi connectivity index (χ4v) is 3.59. The van der Waals surface area contributed by atoms with Crippen molar-refractivity contribution < 1.29 is 9.18 Å². The molecule has 2 heterocycles. The summed E-state index contributed by atoms with van der Waals surface area (Å²) in [7, 11) is 0. The molecule has 0 atom stereocenters. The molecule has 1 N–H and O–H groups in total. The Balaban J connectivity index is 1.58. The maximum atomic E-state index is 13.4. The van der Waals surface area contributed by atoms with Crippen LogP contribution < -0.4 is 5.32 Å². The van der Waals surface area contributed by atoms with Crippen LogP contribution in [0.15, 0.2) is 78.2 Å². The maximum absolute atomic E-state index is 13.4. The van der Waals surface area contributed by atoms with Crippen LogP contribution in [0.1, 0.15) is 5.56 Å². The normalized spacial score (nSPS) is 10.7. The number of rotatable bonds is 6. The first-order valence-electron chi connectivity index (χ1n) is 9.21. The predicted octanol–water partition coefficient (Wildman–Crippen LogP) is 4.51. The van der Waals surface area contributed by atoms with Gasteiger partial charge in [-0.1, -0.05) is 29.5 Å². The van der Waals surface area contributed by atoms with Crippen LogP contribution in [0.25, 0.3) is 17.1 Å². The summed E-state index contributed by atoms with van der Waals surface area (Å²) in [6, 6.07) is 17.3. The van der Waals surface area contributed by atoms with E-state index in [0.717, 1.165) is 16.8 Å². The number of nitrogens with one attached hydrogen (secondary N) is 1. The molecule has 1 amide bonds. The molecule has 0 radical (unpaired) electrons. The van der Waals surface area contributed by atoms with Crippen molar-refractivity contribution in [2.45, 2.75) is 12.1 Å². The van der Waals surface area contributed by atoms with Crippen molar-refractivity contribution in [2.75, 3.05) is 11.1 Å². The van der Waals surface area contributed by atoms with Gasteiger partial charge in [-0.2, -0.15) is 0 Å². The van der Waals surface area contributed by atoms with Crippen LogP contribution in [0.2, 0.25) is 0 Å². The molecule has 150 valence electrons. The van der Waals surface area contributed by atoms with Crippen molar-refractivity contribution in [1.82, 2.24) is 19.7 Å². The van der Waals surface area contributed by atoms with Crippen LogP contribution in [-0.4, -0.2) is 31.4 Å². The number of carbonyl (C=O) groups is 1. The van der Waals surface area contributed by atoms with E-state index in [9.17, 15) is 9.18 Å². The zero-order chi connectivity index (χ0) is 20.9. The summed E-state index contributed by atoms with van der Waals surface area (Å²) in [6.07, 6.45) is 3.34. The van der Waals surface area contributed by atoms with E-state index in [0.29, 0.717) is 16.7 Å². The van der Waals surface area contributed by atoms with Gasteiger partial charge in [-0.25, -0.2) is 4.39 Å². The predicted molar refractivity (Wildman–Crippen MR) is 115 cm³/mol. The number of aryl methyl sites for hydroxylation is 1. The zero-order valence-electron chi connectivity index (χ0n) is 16.1. The van der Waals surface area contributed by atoms with Gasteiger partial charge in [0.1, 0.15) is 5.82 Å². The van der Waals surface area contributed by atoms with Gasteiger partial charge in [-0.05, 0) is 55.5 Å². The van der Waals surface area contributed by atoms with E-state index in [4.69, 9.17) is 0 Å². The molecular weight excluding hydrogens is 401 g/mol. The highest BCUT2D eigenvalue weighted by Gasteiger charge is 2.17. The average Bonchev–Trinajstić information content (AvgIpc) is 3.19. The standard InChI is InChI=1S/C22H18FN5OS/c1-15-2-6-18(7-3-15)25-20(29)14-30-22-27-26-21(16-10-12-24-13-11-16)28(22)19-8-4-17(23)5-9-19/h2-13H,14H2,1H3,(H,25,29). The molecule has 0 unspecified atom stereocenters. The van der Waals surface area contributed by atoms with E-state index in [1.807, 2.05) is 43.3 Å². The second kappa shape index (κ2) is 8.87. The summed E-state index contributed by atoms with van der Waals surface area (Å²) in [5.74, 6) is 0.265. The first kappa shape index (κ1) is 19.8. The van der Waals surface area contributed by atoms with Crippen molar-refractivity contribution in [3.8, 4) is 17.1 Å². The Hall–Kier alpha value is -3.52. The van der Waals surface area contributed by atoms with Crippen molar-refractivity contribution in [1.29, 1.82) is 0 Å². The van der Waals surface area contributed by atoms with Crippen molar-refractivity contribution in [3.63, 3.8) is 0 Å². The molecule has 2 aromatic carbocycles. The van der Waals surface area contributed by atoms with E-state index >= 15 is 0 Å². The van der Waals surface area contributed by atoms with E-state index in [2.05, 4.69) is 20.5 Å². The van der Waals surface area contributed by atoms with Gasteiger partial charge in [0, 0.05) is 29.3 Å². The third kappa shape index (κ3) is 4.55. The van der Waals surface area contributed by atoms with Gasteiger partial charge >= 0.3 is 0 Å². The average molecular weight is 419 g/mol. The Kier molecular flexibility index (Phi) is 5.85. The van der Waals surface area contributed by atoms with Crippen LogP contribution >= 0.6 is 11.8 Å². The number of hydrogen-bond donors (Lipinski definition) is 1. The number of carbonyl (C=O) groups excluding carboxylic acids is 1. The number of amides is 1. The minimum Gasteiger partial charge on any atom is -0.325 e. The lowest BCUT2D eigenvalue weighted by molar-refractivity contribution is -0.113. The quantitative estimate of drug-likeness (QED) is 0.466. The second-order valence-electron chi connectivity index (χ2n) is 6.56. The fourth-order valence-electron chi connectivity index (χ4n) is 2.84. The summed E-state index contributed by atoms with van der Waals surface area (Å²) >= 11 is 1.26. The minimum absolute atomic E-state index is 0.150. The molecule has 2 aromatic heterocycles. The third-order valence-corrected chi connectivity index (χ3v) is 5.25. The highest BCUT2D eigenvalue weighted by atomic mass is 32.2. The van der Waals surface area contributed by atoms with E-state index in [1.54, 1.807) is 29.1 Å². The number of halogens is 1. The lowest BCUT2D eigenvalue weighted by Gasteiger charge is -2.10. The number of benzene rings is 2. The van der Waals surface area contributed by atoms with Gasteiger partial charge in [-0.3, -0.25) is 14.3 Å². The van der Waals surface area contributed by atoms with Gasteiger partial charge in [0.2, 0.25) is 5.91 Å². The number of hydrogen-bond acceptors (Lipinski definition) is 5. The third-order valence-electron chi connectivity index (χ3n) is 4.32.